The van der Waals surface area contributed by atoms with Crippen molar-refractivity contribution < 1.29 is 22.5 Å². The molecule has 8 heteroatoms. The highest BCUT2D eigenvalue weighted by Gasteiger charge is 2.18. The number of carbonyl (C=O) groups excluding carboxylic acids is 1. The van der Waals surface area contributed by atoms with Crippen LogP contribution < -0.4 is 4.18 Å². The molecule has 0 fully saturated rings. The molecule has 2 aromatic rings. The van der Waals surface area contributed by atoms with Crippen LogP contribution in [0.1, 0.15) is 17.2 Å². The zero-order valence-corrected chi connectivity index (χ0v) is 16.6. The van der Waals surface area contributed by atoms with Crippen molar-refractivity contribution in [2.24, 2.45) is 0 Å². The first-order valence-electron chi connectivity index (χ1n) is 7.83. The summed E-state index contributed by atoms with van der Waals surface area (Å²) in [6.45, 7) is 0.503. The van der Waals surface area contributed by atoms with Crippen LogP contribution >= 0.6 is 15.9 Å². The Kier molecular flexibility index (Phi) is 7.19. The molecule has 0 aliphatic carbocycles. The quantitative estimate of drug-likeness (QED) is 0.502. The Morgan fingerprint density at radius 1 is 1.15 bits per heavy atom. The number of carbonyl (C=O) groups is 1. The summed E-state index contributed by atoms with van der Waals surface area (Å²) < 4.78 is 27.0. The van der Waals surface area contributed by atoms with Crippen LogP contribution in [0, 0.1) is 0 Å². The summed E-state index contributed by atoms with van der Waals surface area (Å²) in [6.07, 6.45) is 0.0531. The Hall–Kier alpha value is -1.90. The van der Waals surface area contributed by atoms with Crippen molar-refractivity contribution in [1.29, 1.82) is 0 Å². The molecule has 2 aromatic carbocycles. The number of nitrogens with zero attached hydrogens (tertiary/aromatic N) is 1. The van der Waals surface area contributed by atoms with Gasteiger partial charge in [0.15, 0.2) is 0 Å². The van der Waals surface area contributed by atoms with Gasteiger partial charge >= 0.3 is 10.1 Å². The van der Waals surface area contributed by atoms with E-state index in [4.69, 9.17) is 4.18 Å². The van der Waals surface area contributed by atoms with Crippen LogP contribution in [0.4, 0.5) is 0 Å². The molecule has 140 valence electrons. The molecule has 0 aliphatic heterocycles. The van der Waals surface area contributed by atoms with Crippen molar-refractivity contribution in [3.63, 3.8) is 0 Å². The largest absolute Gasteiger partial charge is 0.387 e. The zero-order chi connectivity index (χ0) is 19.2. The fourth-order valence-electron chi connectivity index (χ4n) is 2.38. The van der Waals surface area contributed by atoms with Gasteiger partial charge in [-0.2, -0.15) is 8.42 Å². The van der Waals surface area contributed by atoms with E-state index in [1.54, 1.807) is 17.0 Å². The SMILES string of the molecule is CS(=O)(=O)Oc1ccc([C@H](O)CN(Cc2ccccc2)C(=O)CBr)cc1. The average molecular weight is 442 g/mol. The monoisotopic (exact) mass is 441 g/mol. The third kappa shape index (κ3) is 6.44. The van der Waals surface area contributed by atoms with Crippen LogP contribution in [0.25, 0.3) is 0 Å². The second kappa shape index (κ2) is 9.16. The first-order valence-corrected chi connectivity index (χ1v) is 10.8. The average Bonchev–Trinajstić information content (AvgIpc) is 2.60. The van der Waals surface area contributed by atoms with Crippen LogP contribution in [-0.2, 0) is 21.5 Å². The summed E-state index contributed by atoms with van der Waals surface area (Å²) in [5.74, 6) is 0.0334. The van der Waals surface area contributed by atoms with Gasteiger partial charge in [-0.15, -0.1) is 0 Å². The number of amides is 1. The van der Waals surface area contributed by atoms with Gasteiger partial charge in [-0.1, -0.05) is 58.4 Å². The van der Waals surface area contributed by atoms with Gasteiger partial charge in [0.2, 0.25) is 5.91 Å². The van der Waals surface area contributed by atoms with E-state index in [9.17, 15) is 18.3 Å². The maximum absolute atomic E-state index is 12.2. The standard InChI is InChI=1S/C18H20BrNO5S/c1-26(23,24)25-16-9-7-15(8-10-16)17(21)13-20(18(22)11-19)12-14-5-3-2-4-6-14/h2-10,17,21H,11-13H2,1H3/t17-/m1/s1. The summed E-state index contributed by atoms with van der Waals surface area (Å²) in [4.78, 5) is 13.7. The number of halogens is 1. The topological polar surface area (TPSA) is 83.9 Å². The minimum absolute atomic E-state index is 0.117. The highest BCUT2D eigenvalue weighted by molar-refractivity contribution is 9.09. The number of aliphatic hydroxyl groups excluding tert-OH is 1. The van der Waals surface area contributed by atoms with Crippen molar-refractivity contribution in [3.8, 4) is 5.75 Å². The molecule has 0 heterocycles. The van der Waals surface area contributed by atoms with E-state index in [1.807, 2.05) is 30.3 Å². The van der Waals surface area contributed by atoms with Gasteiger partial charge in [-0.3, -0.25) is 4.79 Å². The molecule has 0 bridgehead atoms. The Labute approximate surface area is 161 Å². The van der Waals surface area contributed by atoms with Crippen molar-refractivity contribution in [2.75, 3.05) is 18.1 Å². The number of hydrogen-bond acceptors (Lipinski definition) is 5. The second-order valence-corrected chi connectivity index (χ2v) is 7.90. The number of alkyl halides is 1. The summed E-state index contributed by atoms with van der Waals surface area (Å²) in [7, 11) is -3.60. The van der Waals surface area contributed by atoms with Crippen LogP contribution in [0.5, 0.6) is 5.75 Å². The molecular formula is C18H20BrNO5S. The molecule has 1 atom stereocenters. The molecule has 0 unspecified atom stereocenters. The predicted octanol–water partition coefficient (Wildman–Crippen LogP) is 2.48. The van der Waals surface area contributed by atoms with Crippen molar-refractivity contribution in [1.82, 2.24) is 4.90 Å². The maximum atomic E-state index is 12.2. The molecule has 0 saturated heterocycles. The van der Waals surface area contributed by atoms with Crippen molar-refractivity contribution >= 4 is 32.0 Å². The van der Waals surface area contributed by atoms with Gasteiger partial charge in [0, 0.05) is 6.54 Å². The normalized spacial score (nSPS) is 12.4. The molecule has 0 spiro atoms. The Bertz CT molecular complexity index is 824. The van der Waals surface area contributed by atoms with Gasteiger partial charge in [-0.05, 0) is 23.3 Å². The van der Waals surface area contributed by atoms with Crippen LogP contribution in [0.2, 0.25) is 0 Å². The number of benzene rings is 2. The van der Waals surface area contributed by atoms with Gasteiger partial charge < -0.3 is 14.2 Å². The summed E-state index contributed by atoms with van der Waals surface area (Å²) in [5, 5.41) is 10.6. The summed E-state index contributed by atoms with van der Waals surface area (Å²) >= 11 is 3.17. The van der Waals surface area contributed by atoms with E-state index in [2.05, 4.69) is 15.9 Å². The molecule has 6 nitrogen and oxygen atoms in total. The highest BCUT2D eigenvalue weighted by atomic mass is 79.9. The lowest BCUT2D eigenvalue weighted by molar-refractivity contribution is -0.130. The molecule has 26 heavy (non-hydrogen) atoms. The van der Waals surface area contributed by atoms with E-state index in [0.29, 0.717) is 12.1 Å². The predicted molar refractivity (Wildman–Crippen MR) is 103 cm³/mol. The second-order valence-electron chi connectivity index (χ2n) is 5.77. The Balaban J connectivity index is 2.08. The lowest BCUT2D eigenvalue weighted by Crippen LogP contribution is -2.35. The minimum Gasteiger partial charge on any atom is -0.387 e. The van der Waals surface area contributed by atoms with E-state index < -0.39 is 16.2 Å². The molecule has 1 N–H and O–H groups in total. The van der Waals surface area contributed by atoms with Crippen LogP contribution in [-0.4, -0.2) is 42.5 Å². The Morgan fingerprint density at radius 2 is 1.77 bits per heavy atom. The fourth-order valence-corrected chi connectivity index (χ4v) is 3.19. The molecule has 2 rings (SSSR count). The first-order chi connectivity index (χ1) is 12.3. The molecule has 0 aliphatic rings. The molecule has 0 radical (unpaired) electrons. The minimum atomic E-state index is -3.60. The molecule has 1 amide bonds. The van der Waals surface area contributed by atoms with E-state index in [0.717, 1.165) is 11.8 Å². The highest BCUT2D eigenvalue weighted by Crippen LogP contribution is 2.20. The first kappa shape index (κ1) is 20.4. The smallest absolute Gasteiger partial charge is 0.306 e. The summed E-state index contributed by atoms with van der Waals surface area (Å²) in [6, 6.07) is 15.6. The number of rotatable bonds is 8. The van der Waals surface area contributed by atoms with Gasteiger partial charge in [0.25, 0.3) is 0 Å². The fraction of sp³-hybridized carbons (Fsp3) is 0.278. The van der Waals surface area contributed by atoms with E-state index in [-0.39, 0.29) is 23.5 Å². The number of hydrogen-bond donors (Lipinski definition) is 1. The van der Waals surface area contributed by atoms with Gasteiger partial charge in [0.1, 0.15) is 5.75 Å². The Morgan fingerprint density at radius 3 is 2.31 bits per heavy atom. The summed E-state index contributed by atoms with van der Waals surface area (Å²) in [5.41, 5.74) is 1.53. The molecule has 0 aromatic heterocycles. The van der Waals surface area contributed by atoms with E-state index in [1.165, 1.54) is 12.1 Å². The molecular weight excluding hydrogens is 422 g/mol. The molecule has 0 saturated carbocycles. The third-order valence-corrected chi connectivity index (χ3v) is 4.56. The van der Waals surface area contributed by atoms with Crippen LogP contribution in [0.15, 0.2) is 54.6 Å². The van der Waals surface area contributed by atoms with Gasteiger partial charge in [-0.25, -0.2) is 0 Å². The van der Waals surface area contributed by atoms with Crippen molar-refractivity contribution in [3.05, 3.63) is 65.7 Å². The number of aliphatic hydroxyl groups is 1. The van der Waals surface area contributed by atoms with Gasteiger partial charge in [0.05, 0.1) is 24.2 Å². The maximum Gasteiger partial charge on any atom is 0.306 e. The lowest BCUT2D eigenvalue weighted by atomic mass is 10.1. The van der Waals surface area contributed by atoms with Crippen molar-refractivity contribution in [2.45, 2.75) is 12.6 Å². The lowest BCUT2D eigenvalue weighted by Gasteiger charge is -2.25. The van der Waals surface area contributed by atoms with Crippen LogP contribution in [0.3, 0.4) is 0 Å². The van der Waals surface area contributed by atoms with E-state index >= 15 is 0 Å². The zero-order valence-electron chi connectivity index (χ0n) is 14.2. The third-order valence-electron chi connectivity index (χ3n) is 3.59.